The van der Waals surface area contributed by atoms with E-state index >= 15 is 0 Å². The molecule has 0 amide bonds. The fraction of sp³-hybridized carbons (Fsp3) is 0.333. The topological polar surface area (TPSA) is 56.2 Å². The molecule has 1 atom stereocenters. The number of anilines is 1. The summed E-state index contributed by atoms with van der Waals surface area (Å²) in [5.74, 6) is -1.51. The number of nitrogens with one attached hydrogen (secondary N) is 1. The van der Waals surface area contributed by atoms with Crippen LogP contribution in [0.1, 0.15) is 48.4 Å². The van der Waals surface area contributed by atoms with Crippen LogP contribution in [-0.4, -0.2) is 22.4 Å². The van der Waals surface area contributed by atoms with Crippen molar-refractivity contribution >= 4 is 11.8 Å². The van der Waals surface area contributed by atoms with Gasteiger partial charge in [0, 0.05) is 11.8 Å². The zero-order valence-corrected chi connectivity index (χ0v) is 14.8. The third-order valence-electron chi connectivity index (χ3n) is 4.40. The monoisotopic (exact) mass is 383 g/mol. The van der Waals surface area contributed by atoms with Gasteiger partial charge in [-0.3, -0.25) is 0 Å². The van der Waals surface area contributed by atoms with Crippen molar-refractivity contribution in [3.05, 3.63) is 58.2 Å². The smallest absolute Gasteiger partial charge is 0.419 e. The number of halogens is 4. The van der Waals surface area contributed by atoms with Gasteiger partial charge in [-0.15, -0.1) is 0 Å². The van der Waals surface area contributed by atoms with Crippen LogP contribution in [0.15, 0.2) is 35.5 Å². The quantitative estimate of drug-likeness (QED) is 0.625. The fourth-order valence-electron chi connectivity index (χ4n) is 2.99. The number of nitrogens with zero attached hydrogens (tertiary/aromatic N) is 2. The van der Waals surface area contributed by atoms with Gasteiger partial charge in [0.2, 0.25) is 0 Å². The van der Waals surface area contributed by atoms with Crippen LogP contribution in [0.4, 0.5) is 23.4 Å². The minimum absolute atomic E-state index is 0.0548. The lowest BCUT2D eigenvalue weighted by atomic mass is 9.96. The Hall–Kier alpha value is -2.84. The Morgan fingerprint density at radius 3 is 2.59 bits per heavy atom. The second-order valence-electron chi connectivity index (χ2n) is 6.15. The van der Waals surface area contributed by atoms with Gasteiger partial charge in [-0.2, -0.15) is 18.3 Å². The van der Waals surface area contributed by atoms with Crippen molar-refractivity contribution in [3.63, 3.8) is 0 Å². The van der Waals surface area contributed by atoms with E-state index in [1.807, 2.05) is 0 Å². The second kappa shape index (κ2) is 6.71. The molecular formula is C18H17F4N3O2. The zero-order valence-electron chi connectivity index (χ0n) is 14.8. The van der Waals surface area contributed by atoms with E-state index in [1.54, 1.807) is 20.8 Å². The molecule has 0 saturated heterocycles. The average Bonchev–Trinajstić information content (AvgIpc) is 2.98. The van der Waals surface area contributed by atoms with E-state index in [0.717, 1.165) is 17.3 Å². The highest BCUT2D eigenvalue weighted by atomic mass is 19.4. The predicted molar refractivity (Wildman–Crippen MR) is 89.7 cm³/mol. The summed E-state index contributed by atoms with van der Waals surface area (Å²) in [4.78, 5) is 12.0. The normalized spacial score (nSPS) is 16.8. The molecule has 144 valence electrons. The van der Waals surface area contributed by atoms with E-state index < -0.39 is 29.6 Å². The summed E-state index contributed by atoms with van der Waals surface area (Å²) >= 11 is 0. The fourth-order valence-corrected chi connectivity index (χ4v) is 2.99. The first-order valence-electron chi connectivity index (χ1n) is 8.21. The molecule has 0 fully saturated rings. The number of carbonyl (C=O) groups excluding carboxylic acids is 1. The van der Waals surface area contributed by atoms with Gasteiger partial charge >= 0.3 is 12.1 Å². The van der Waals surface area contributed by atoms with Gasteiger partial charge in [-0.25, -0.2) is 13.9 Å². The molecule has 1 aromatic heterocycles. The van der Waals surface area contributed by atoms with Gasteiger partial charge in [0.15, 0.2) is 5.69 Å². The predicted octanol–water partition coefficient (Wildman–Crippen LogP) is 4.53. The average molecular weight is 383 g/mol. The van der Waals surface area contributed by atoms with Crippen molar-refractivity contribution < 1.29 is 27.1 Å². The molecule has 2 heterocycles. The molecule has 27 heavy (non-hydrogen) atoms. The lowest BCUT2D eigenvalue weighted by molar-refractivity contribution is -0.140. The van der Waals surface area contributed by atoms with Crippen molar-refractivity contribution in [1.29, 1.82) is 0 Å². The number of fused-ring (bicyclic) bond motifs is 1. The van der Waals surface area contributed by atoms with Gasteiger partial charge in [0.25, 0.3) is 0 Å². The Kier molecular flexibility index (Phi) is 4.71. The molecule has 0 bridgehead atoms. The summed E-state index contributed by atoms with van der Waals surface area (Å²) < 4.78 is 59.0. The van der Waals surface area contributed by atoms with E-state index in [0.29, 0.717) is 17.4 Å². The number of rotatable bonds is 3. The van der Waals surface area contributed by atoms with Crippen LogP contribution < -0.4 is 5.32 Å². The Morgan fingerprint density at radius 1 is 1.30 bits per heavy atom. The van der Waals surface area contributed by atoms with E-state index in [4.69, 9.17) is 4.74 Å². The maximum atomic E-state index is 14.1. The van der Waals surface area contributed by atoms with Crippen LogP contribution in [0.25, 0.3) is 0 Å². The summed E-state index contributed by atoms with van der Waals surface area (Å²) in [6, 6.07) is 3.62. The minimum Gasteiger partial charge on any atom is -0.461 e. The molecule has 0 radical (unpaired) electrons. The van der Waals surface area contributed by atoms with Crippen LogP contribution in [0.3, 0.4) is 0 Å². The van der Waals surface area contributed by atoms with E-state index in [1.165, 1.54) is 16.8 Å². The Balaban J connectivity index is 2.08. The summed E-state index contributed by atoms with van der Waals surface area (Å²) in [6.07, 6.45) is -4.77. The number of allylic oxidation sites excluding steroid dienone is 2. The van der Waals surface area contributed by atoms with Gasteiger partial charge in [0.05, 0.1) is 12.2 Å². The van der Waals surface area contributed by atoms with Crippen molar-refractivity contribution in [2.75, 3.05) is 11.9 Å². The molecule has 9 heteroatoms. The number of alkyl halides is 3. The number of aromatic nitrogens is 2. The molecule has 0 aliphatic carbocycles. The highest BCUT2D eigenvalue weighted by Crippen LogP contribution is 2.38. The van der Waals surface area contributed by atoms with Crippen molar-refractivity contribution in [2.24, 2.45) is 0 Å². The van der Waals surface area contributed by atoms with Crippen LogP contribution in [0.2, 0.25) is 0 Å². The lowest BCUT2D eigenvalue weighted by Gasteiger charge is -2.28. The first-order chi connectivity index (χ1) is 12.6. The molecule has 2 aromatic rings. The summed E-state index contributed by atoms with van der Waals surface area (Å²) in [6.45, 7) is 5.38. The Bertz CT molecular complexity index is 931. The van der Waals surface area contributed by atoms with Crippen molar-refractivity contribution in [1.82, 2.24) is 9.78 Å². The van der Waals surface area contributed by atoms with E-state index in [9.17, 15) is 22.4 Å². The van der Waals surface area contributed by atoms with Crippen molar-refractivity contribution in [2.45, 2.75) is 33.0 Å². The molecular weight excluding hydrogens is 366 g/mol. The molecule has 1 unspecified atom stereocenters. The number of hydrogen-bond donors (Lipinski definition) is 1. The Labute approximate surface area is 152 Å². The van der Waals surface area contributed by atoms with Crippen molar-refractivity contribution in [3.8, 4) is 0 Å². The van der Waals surface area contributed by atoms with E-state index in [-0.39, 0.29) is 12.3 Å². The SMILES string of the molecule is CCOC(=O)c1cc2n(n1)C(c1ccc(C(F)(F)F)c(F)c1)C(C)=C(C)N2. The minimum atomic E-state index is -4.77. The van der Waals surface area contributed by atoms with Gasteiger partial charge in [-0.1, -0.05) is 6.07 Å². The molecule has 0 spiro atoms. The van der Waals surface area contributed by atoms with Crippen LogP contribution >= 0.6 is 0 Å². The number of benzene rings is 1. The third kappa shape index (κ3) is 3.41. The molecule has 1 N–H and O–H groups in total. The van der Waals surface area contributed by atoms with Gasteiger partial charge in [-0.05, 0) is 44.0 Å². The number of carbonyl (C=O) groups is 1. The first-order valence-corrected chi connectivity index (χ1v) is 8.21. The summed E-state index contributed by atoms with van der Waals surface area (Å²) in [7, 11) is 0. The zero-order chi connectivity index (χ0) is 19.9. The molecule has 1 aliphatic heterocycles. The second-order valence-corrected chi connectivity index (χ2v) is 6.15. The van der Waals surface area contributed by atoms with Crippen LogP contribution in [0.5, 0.6) is 0 Å². The molecule has 0 saturated carbocycles. The third-order valence-corrected chi connectivity index (χ3v) is 4.40. The summed E-state index contributed by atoms with van der Waals surface area (Å²) in [5, 5.41) is 7.29. The largest absolute Gasteiger partial charge is 0.461 e. The Morgan fingerprint density at radius 2 is 2.00 bits per heavy atom. The molecule has 3 rings (SSSR count). The molecule has 1 aliphatic rings. The number of hydrogen-bond acceptors (Lipinski definition) is 4. The van der Waals surface area contributed by atoms with Gasteiger partial charge < -0.3 is 10.1 Å². The number of ether oxygens (including phenoxy) is 1. The lowest BCUT2D eigenvalue weighted by Crippen LogP contribution is -2.23. The number of esters is 1. The van der Waals surface area contributed by atoms with Gasteiger partial charge in [0.1, 0.15) is 17.7 Å². The highest BCUT2D eigenvalue weighted by Gasteiger charge is 2.35. The molecule has 1 aromatic carbocycles. The van der Waals surface area contributed by atoms with Crippen LogP contribution in [0, 0.1) is 5.82 Å². The maximum Gasteiger partial charge on any atom is 0.419 e. The standard InChI is InChI=1S/C18H17F4N3O2/c1-4-27-17(26)14-8-15-23-10(3)9(2)16(25(15)24-14)11-5-6-12(13(19)7-11)18(20,21)22/h5-8,16,23H,4H2,1-3H3. The first kappa shape index (κ1) is 18.9. The maximum absolute atomic E-state index is 14.1. The van der Waals surface area contributed by atoms with Crippen LogP contribution in [-0.2, 0) is 10.9 Å². The van der Waals surface area contributed by atoms with E-state index in [2.05, 4.69) is 10.4 Å². The summed E-state index contributed by atoms with van der Waals surface area (Å²) in [5.41, 5.74) is 0.493. The molecule has 5 nitrogen and oxygen atoms in total. The highest BCUT2D eigenvalue weighted by molar-refractivity contribution is 5.88.